The highest BCUT2D eigenvalue weighted by atomic mass is 16.5. The van der Waals surface area contributed by atoms with Crippen molar-refractivity contribution in [2.45, 2.75) is 53.1 Å². The summed E-state index contributed by atoms with van der Waals surface area (Å²) < 4.78 is 5.58. The standard InChI is InChI=1S/C16H24O3/c1-11(2)14-8-12(3)13(4)15(9-14)10-19-7-5-6-16(17)18/h8-9,11H,5-7,10H2,1-4H3,(H,17,18). The Hall–Kier alpha value is -1.35. The van der Waals surface area contributed by atoms with Crippen LogP contribution in [-0.2, 0) is 16.1 Å². The lowest BCUT2D eigenvalue weighted by atomic mass is 9.94. The lowest BCUT2D eigenvalue weighted by molar-refractivity contribution is -0.137. The Kier molecular flexibility index (Phi) is 6.03. The molecule has 1 aromatic rings. The fourth-order valence-electron chi connectivity index (χ4n) is 1.95. The van der Waals surface area contributed by atoms with Crippen molar-refractivity contribution >= 4 is 5.97 Å². The Morgan fingerprint density at radius 3 is 2.58 bits per heavy atom. The molecule has 106 valence electrons. The summed E-state index contributed by atoms with van der Waals surface area (Å²) in [5, 5.41) is 8.55. The van der Waals surface area contributed by atoms with Gasteiger partial charge in [-0.15, -0.1) is 0 Å². The largest absolute Gasteiger partial charge is 0.481 e. The number of aryl methyl sites for hydroxylation is 1. The normalized spacial score (nSPS) is 11.0. The van der Waals surface area contributed by atoms with Gasteiger partial charge in [0.1, 0.15) is 0 Å². The van der Waals surface area contributed by atoms with E-state index >= 15 is 0 Å². The van der Waals surface area contributed by atoms with Crippen molar-refractivity contribution in [2.75, 3.05) is 6.61 Å². The van der Waals surface area contributed by atoms with E-state index in [1.165, 1.54) is 22.3 Å². The molecule has 0 aromatic heterocycles. The second kappa shape index (κ2) is 7.29. The highest BCUT2D eigenvalue weighted by Crippen LogP contribution is 2.22. The SMILES string of the molecule is Cc1cc(C(C)C)cc(COCCCC(=O)O)c1C. The zero-order valence-electron chi connectivity index (χ0n) is 12.3. The molecule has 0 amide bonds. The third-order valence-electron chi connectivity index (χ3n) is 3.40. The summed E-state index contributed by atoms with van der Waals surface area (Å²) in [4.78, 5) is 10.4. The van der Waals surface area contributed by atoms with E-state index < -0.39 is 5.97 Å². The van der Waals surface area contributed by atoms with Gasteiger partial charge in [0.25, 0.3) is 0 Å². The van der Waals surface area contributed by atoms with Crippen LogP contribution >= 0.6 is 0 Å². The minimum atomic E-state index is -0.766. The monoisotopic (exact) mass is 264 g/mol. The van der Waals surface area contributed by atoms with Crippen molar-refractivity contribution in [3.63, 3.8) is 0 Å². The van der Waals surface area contributed by atoms with Crippen molar-refractivity contribution in [2.24, 2.45) is 0 Å². The first-order valence-electron chi connectivity index (χ1n) is 6.81. The van der Waals surface area contributed by atoms with Crippen molar-refractivity contribution in [1.29, 1.82) is 0 Å². The first-order valence-corrected chi connectivity index (χ1v) is 6.81. The van der Waals surface area contributed by atoms with Gasteiger partial charge in [-0.3, -0.25) is 4.79 Å². The predicted octanol–water partition coefficient (Wildman–Crippen LogP) is 3.81. The van der Waals surface area contributed by atoms with Crippen LogP contribution in [-0.4, -0.2) is 17.7 Å². The van der Waals surface area contributed by atoms with Gasteiger partial charge in [-0.25, -0.2) is 0 Å². The van der Waals surface area contributed by atoms with Gasteiger partial charge >= 0.3 is 5.97 Å². The maximum absolute atomic E-state index is 10.4. The molecule has 0 atom stereocenters. The molecule has 0 saturated carbocycles. The second-order valence-electron chi connectivity index (χ2n) is 5.33. The van der Waals surface area contributed by atoms with Crippen LogP contribution in [0.1, 0.15) is 54.9 Å². The number of carboxylic acid groups (broad SMARTS) is 1. The van der Waals surface area contributed by atoms with Crippen LogP contribution in [0.15, 0.2) is 12.1 Å². The fourth-order valence-corrected chi connectivity index (χ4v) is 1.95. The van der Waals surface area contributed by atoms with E-state index in [1.54, 1.807) is 0 Å². The third-order valence-corrected chi connectivity index (χ3v) is 3.40. The van der Waals surface area contributed by atoms with Gasteiger partial charge in [0.2, 0.25) is 0 Å². The molecule has 0 radical (unpaired) electrons. The molecule has 0 saturated heterocycles. The zero-order chi connectivity index (χ0) is 14.4. The molecule has 0 aliphatic rings. The van der Waals surface area contributed by atoms with Gasteiger partial charge in [-0.05, 0) is 48.4 Å². The molecule has 0 spiro atoms. The van der Waals surface area contributed by atoms with Gasteiger partial charge in [0.05, 0.1) is 6.61 Å². The Morgan fingerprint density at radius 2 is 2.00 bits per heavy atom. The van der Waals surface area contributed by atoms with Gasteiger partial charge < -0.3 is 9.84 Å². The number of aliphatic carboxylic acids is 1. The van der Waals surface area contributed by atoms with Crippen molar-refractivity contribution in [3.05, 3.63) is 34.4 Å². The molecule has 19 heavy (non-hydrogen) atoms. The second-order valence-corrected chi connectivity index (χ2v) is 5.33. The first kappa shape index (κ1) is 15.7. The van der Waals surface area contributed by atoms with E-state index in [4.69, 9.17) is 9.84 Å². The Morgan fingerprint density at radius 1 is 1.32 bits per heavy atom. The number of ether oxygens (including phenoxy) is 1. The molecule has 1 N–H and O–H groups in total. The number of hydrogen-bond acceptors (Lipinski definition) is 2. The van der Waals surface area contributed by atoms with Gasteiger partial charge in [0, 0.05) is 13.0 Å². The molecule has 3 nitrogen and oxygen atoms in total. The molecule has 0 unspecified atom stereocenters. The predicted molar refractivity (Wildman–Crippen MR) is 76.5 cm³/mol. The van der Waals surface area contributed by atoms with E-state index in [9.17, 15) is 4.79 Å². The van der Waals surface area contributed by atoms with Gasteiger partial charge in [-0.2, -0.15) is 0 Å². The van der Waals surface area contributed by atoms with E-state index in [1.807, 2.05) is 0 Å². The van der Waals surface area contributed by atoms with E-state index in [-0.39, 0.29) is 6.42 Å². The van der Waals surface area contributed by atoms with Crippen LogP contribution < -0.4 is 0 Å². The fraction of sp³-hybridized carbons (Fsp3) is 0.562. The lowest BCUT2D eigenvalue weighted by Gasteiger charge is -2.14. The minimum absolute atomic E-state index is 0.171. The molecule has 1 rings (SSSR count). The average molecular weight is 264 g/mol. The molecule has 0 fully saturated rings. The van der Waals surface area contributed by atoms with Crippen LogP contribution in [0.5, 0.6) is 0 Å². The van der Waals surface area contributed by atoms with Gasteiger partial charge in [0.15, 0.2) is 0 Å². The van der Waals surface area contributed by atoms with Crippen LogP contribution in [0.3, 0.4) is 0 Å². The molecular formula is C16H24O3. The topological polar surface area (TPSA) is 46.5 Å². The summed E-state index contributed by atoms with van der Waals surface area (Å²) in [5.41, 5.74) is 5.09. The third kappa shape index (κ3) is 5.03. The summed E-state index contributed by atoms with van der Waals surface area (Å²) in [6.45, 7) is 9.65. The smallest absolute Gasteiger partial charge is 0.303 e. The number of hydrogen-bond donors (Lipinski definition) is 1. The summed E-state index contributed by atoms with van der Waals surface area (Å²) in [6.07, 6.45) is 0.737. The molecule has 3 heteroatoms. The van der Waals surface area contributed by atoms with E-state index in [0.29, 0.717) is 25.6 Å². The van der Waals surface area contributed by atoms with Gasteiger partial charge in [-0.1, -0.05) is 26.0 Å². The zero-order valence-corrected chi connectivity index (χ0v) is 12.3. The summed E-state index contributed by atoms with van der Waals surface area (Å²) in [7, 11) is 0. The molecular weight excluding hydrogens is 240 g/mol. The van der Waals surface area contributed by atoms with E-state index in [2.05, 4.69) is 39.8 Å². The maximum atomic E-state index is 10.4. The number of carboxylic acids is 1. The highest BCUT2D eigenvalue weighted by Gasteiger charge is 2.07. The molecule has 0 heterocycles. The Bertz CT molecular complexity index is 436. The van der Waals surface area contributed by atoms with Crippen molar-refractivity contribution < 1.29 is 14.6 Å². The summed E-state index contributed by atoms with van der Waals surface area (Å²) in [5.74, 6) is -0.262. The quantitative estimate of drug-likeness (QED) is 0.762. The molecule has 1 aromatic carbocycles. The average Bonchev–Trinajstić information content (AvgIpc) is 2.33. The summed E-state index contributed by atoms with van der Waals surface area (Å²) >= 11 is 0. The minimum Gasteiger partial charge on any atom is -0.481 e. The molecule has 0 bridgehead atoms. The first-order chi connectivity index (χ1) is 8.91. The van der Waals surface area contributed by atoms with Crippen molar-refractivity contribution in [3.8, 4) is 0 Å². The highest BCUT2D eigenvalue weighted by molar-refractivity contribution is 5.66. The molecule has 0 aliphatic carbocycles. The number of carbonyl (C=O) groups is 1. The van der Waals surface area contributed by atoms with Crippen LogP contribution in [0, 0.1) is 13.8 Å². The van der Waals surface area contributed by atoms with Crippen LogP contribution in [0.4, 0.5) is 0 Å². The number of benzene rings is 1. The number of rotatable bonds is 7. The van der Waals surface area contributed by atoms with E-state index in [0.717, 1.165) is 0 Å². The Balaban J connectivity index is 2.59. The summed E-state index contributed by atoms with van der Waals surface area (Å²) in [6, 6.07) is 4.43. The van der Waals surface area contributed by atoms with Crippen molar-refractivity contribution in [1.82, 2.24) is 0 Å². The van der Waals surface area contributed by atoms with Crippen LogP contribution in [0.25, 0.3) is 0 Å². The van der Waals surface area contributed by atoms with Crippen LogP contribution in [0.2, 0.25) is 0 Å². The maximum Gasteiger partial charge on any atom is 0.303 e. The Labute approximate surface area is 115 Å². The lowest BCUT2D eigenvalue weighted by Crippen LogP contribution is -2.03. The molecule has 0 aliphatic heterocycles.